The van der Waals surface area contributed by atoms with E-state index < -0.39 is 18.2 Å². The molecule has 0 radical (unpaired) electrons. The number of aromatic amines is 1. The van der Waals surface area contributed by atoms with Gasteiger partial charge in [-0.3, -0.25) is 15.2 Å². The van der Waals surface area contributed by atoms with Crippen LogP contribution in [0.25, 0.3) is 22.3 Å². The van der Waals surface area contributed by atoms with Crippen LogP contribution in [0.1, 0.15) is 24.2 Å². The number of aromatic nitrogens is 2. The molecule has 8 heteroatoms. The van der Waals surface area contributed by atoms with E-state index in [2.05, 4.69) is 15.5 Å². The third-order valence-corrected chi connectivity index (χ3v) is 5.68. The molecular formula is C26H22ClN3O4. The summed E-state index contributed by atoms with van der Waals surface area (Å²) in [6.07, 6.45) is 0.468. The third kappa shape index (κ3) is 5.44. The number of aliphatic carboxylic acids is 1. The summed E-state index contributed by atoms with van der Waals surface area (Å²) in [6, 6.07) is 22.4. The third-order valence-electron chi connectivity index (χ3n) is 5.33. The summed E-state index contributed by atoms with van der Waals surface area (Å²) in [5, 5.41) is 19.0. The van der Waals surface area contributed by atoms with Crippen LogP contribution in [-0.2, 0) is 16.0 Å². The Labute approximate surface area is 201 Å². The fraction of sp³-hybridized carbons (Fsp3) is 0.115. The minimum atomic E-state index is -0.858. The Morgan fingerprint density at radius 3 is 2.26 bits per heavy atom. The average molecular weight is 476 g/mol. The summed E-state index contributed by atoms with van der Waals surface area (Å²) in [6.45, 7) is 1.75. The van der Waals surface area contributed by atoms with Crippen LogP contribution >= 0.6 is 11.6 Å². The van der Waals surface area contributed by atoms with Crippen molar-refractivity contribution in [1.82, 2.24) is 10.2 Å². The monoisotopic (exact) mass is 475 g/mol. The summed E-state index contributed by atoms with van der Waals surface area (Å²) in [5.41, 5.74) is 4.99. The molecular weight excluding hydrogens is 454 g/mol. The van der Waals surface area contributed by atoms with Crippen molar-refractivity contribution in [2.24, 2.45) is 0 Å². The van der Waals surface area contributed by atoms with Crippen LogP contribution in [0, 0.1) is 0 Å². The molecule has 1 atom stereocenters. The number of hydrogen-bond donors (Lipinski definition) is 3. The highest BCUT2D eigenvalue weighted by Crippen LogP contribution is 2.30. The molecule has 172 valence electrons. The number of carboxylic acid groups (broad SMARTS) is 1. The molecule has 3 aromatic carbocycles. The van der Waals surface area contributed by atoms with E-state index in [1.54, 1.807) is 19.2 Å². The Balaban J connectivity index is 1.44. The Morgan fingerprint density at radius 1 is 1.00 bits per heavy atom. The predicted octanol–water partition coefficient (Wildman–Crippen LogP) is 6.33. The van der Waals surface area contributed by atoms with E-state index in [9.17, 15) is 9.59 Å². The predicted molar refractivity (Wildman–Crippen MR) is 131 cm³/mol. The molecule has 1 amide bonds. The molecule has 0 spiro atoms. The molecule has 1 unspecified atom stereocenters. The lowest BCUT2D eigenvalue weighted by Crippen LogP contribution is -2.17. The molecule has 1 heterocycles. The zero-order valence-electron chi connectivity index (χ0n) is 18.3. The first-order valence-electron chi connectivity index (χ1n) is 10.6. The number of amides is 1. The van der Waals surface area contributed by atoms with Gasteiger partial charge in [-0.15, -0.1) is 0 Å². The Hall–Kier alpha value is -4.10. The lowest BCUT2D eigenvalue weighted by Gasteiger charge is -2.15. The van der Waals surface area contributed by atoms with Crippen LogP contribution in [0.2, 0.25) is 5.02 Å². The van der Waals surface area contributed by atoms with Gasteiger partial charge < -0.3 is 9.84 Å². The van der Waals surface area contributed by atoms with Gasteiger partial charge in [-0.05, 0) is 35.2 Å². The Morgan fingerprint density at radius 2 is 1.62 bits per heavy atom. The number of rotatable bonds is 7. The van der Waals surface area contributed by atoms with Crippen LogP contribution in [0.4, 0.5) is 10.6 Å². The second kappa shape index (κ2) is 10.2. The highest BCUT2D eigenvalue weighted by molar-refractivity contribution is 6.31. The minimum Gasteiger partial charge on any atom is -0.481 e. The topological polar surface area (TPSA) is 104 Å². The zero-order chi connectivity index (χ0) is 24.1. The van der Waals surface area contributed by atoms with Crippen molar-refractivity contribution in [3.63, 3.8) is 0 Å². The number of carbonyl (C=O) groups is 2. The van der Waals surface area contributed by atoms with E-state index >= 15 is 0 Å². The smallest absolute Gasteiger partial charge is 0.413 e. The van der Waals surface area contributed by atoms with Crippen molar-refractivity contribution in [3.8, 4) is 22.3 Å². The first-order valence-corrected chi connectivity index (χ1v) is 11.0. The molecule has 0 fully saturated rings. The molecule has 0 saturated carbocycles. The molecule has 0 bridgehead atoms. The van der Waals surface area contributed by atoms with Crippen molar-refractivity contribution in [2.45, 2.75) is 19.4 Å². The number of hydrogen-bond acceptors (Lipinski definition) is 4. The number of anilines is 1. The maximum atomic E-state index is 12.5. The standard InChI is InChI=1S/C26H22ClN3O4/c1-16(21-4-2-3-5-23(21)27)34-26(33)29-25-22(15-28-30-25)20-12-10-19(11-13-20)18-8-6-17(7-9-18)14-24(31)32/h2-13,15-16H,14H2,1H3,(H,31,32)(H2,28,29,30,33). The number of ether oxygens (including phenoxy) is 1. The van der Waals surface area contributed by atoms with Crippen LogP contribution in [0.5, 0.6) is 0 Å². The molecule has 0 aliphatic heterocycles. The van der Waals surface area contributed by atoms with Gasteiger partial charge in [-0.1, -0.05) is 78.3 Å². The first kappa shape index (κ1) is 23.1. The van der Waals surface area contributed by atoms with Gasteiger partial charge in [-0.2, -0.15) is 5.10 Å². The number of nitrogens with zero attached hydrogens (tertiary/aromatic N) is 1. The second-order valence-corrected chi connectivity index (χ2v) is 8.10. The van der Waals surface area contributed by atoms with Crippen LogP contribution in [0.15, 0.2) is 79.0 Å². The van der Waals surface area contributed by atoms with E-state index in [1.165, 1.54) is 0 Å². The number of benzene rings is 3. The van der Waals surface area contributed by atoms with Crippen molar-refractivity contribution < 1.29 is 19.4 Å². The van der Waals surface area contributed by atoms with Gasteiger partial charge in [0.15, 0.2) is 0 Å². The number of H-pyrrole nitrogens is 1. The molecule has 3 N–H and O–H groups in total. The maximum Gasteiger partial charge on any atom is 0.413 e. The SMILES string of the molecule is CC(OC(=O)Nc1[nH]ncc1-c1ccc(-c2ccc(CC(=O)O)cc2)cc1)c1ccccc1Cl. The fourth-order valence-electron chi connectivity index (χ4n) is 3.59. The molecule has 0 saturated heterocycles. The van der Waals surface area contributed by atoms with Crippen molar-refractivity contribution in [1.29, 1.82) is 0 Å². The quantitative estimate of drug-likeness (QED) is 0.289. The van der Waals surface area contributed by atoms with Gasteiger partial charge in [0, 0.05) is 16.1 Å². The van der Waals surface area contributed by atoms with E-state index in [0.717, 1.165) is 27.8 Å². The van der Waals surface area contributed by atoms with E-state index in [4.69, 9.17) is 21.4 Å². The molecule has 1 aromatic heterocycles. The number of halogens is 1. The highest BCUT2D eigenvalue weighted by atomic mass is 35.5. The first-order chi connectivity index (χ1) is 16.4. The van der Waals surface area contributed by atoms with Crippen molar-refractivity contribution >= 4 is 29.5 Å². The van der Waals surface area contributed by atoms with Gasteiger partial charge in [0.2, 0.25) is 0 Å². The summed E-state index contributed by atoms with van der Waals surface area (Å²) in [5.74, 6) is -0.439. The molecule has 4 aromatic rings. The highest BCUT2D eigenvalue weighted by Gasteiger charge is 2.17. The average Bonchev–Trinajstić information content (AvgIpc) is 3.27. The summed E-state index contributed by atoms with van der Waals surface area (Å²) in [4.78, 5) is 23.3. The normalized spacial score (nSPS) is 11.6. The number of carbonyl (C=O) groups excluding carboxylic acids is 1. The summed E-state index contributed by atoms with van der Waals surface area (Å²) >= 11 is 6.18. The van der Waals surface area contributed by atoms with Gasteiger partial charge in [0.1, 0.15) is 11.9 Å². The van der Waals surface area contributed by atoms with Crippen LogP contribution in [0.3, 0.4) is 0 Å². The maximum absolute atomic E-state index is 12.5. The molecule has 0 aliphatic carbocycles. The van der Waals surface area contributed by atoms with Crippen LogP contribution < -0.4 is 5.32 Å². The van der Waals surface area contributed by atoms with E-state index in [1.807, 2.05) is 66.7 Å². The molecule has 7 nitrogen and oxygen atoms in total. The van der Waals surface area contributed by atoms with E-state index in [-0.39, 0.29) is 6.42 Å². The van der Waals surface area contributed by atoms with Crippen molar-refractivity contribution in [2.75, 3.05) is 5.32 Å². The van der Waals surface area contributed by atoms with E-state index in [0.29, 0.717) is 16.4 Å². The Kier molecular flexibility index (Phi) is 6.94. The molecule has 0 aliphatic rings. The lowest BCUT2D eigenvalue weighted by atomic mass is 10.00. The lowest BCUT2D eigenvalue weighted by molar-refractivity contribution is -0.136. The number of carboxylic acids is 1. The van der Waals surface area contributed by atoms with Crippen LogP contribution in [-0.4, -0.2) is 27.4 Å². The largest absolute Gasteiger partial charge is 0.481 e. The molecule has 4 rings (SSSR count). The van der Waals surface area contributed by atoms with Crippen molar-refractivity contribution in [3.05, 3.63) is 95.1 Å². The fourth-order valence-corrected chi connectivity index (χ4v) is 3.88. The number of nitrogens with one attached hydrogen (secondary N) is 2. The Bertz CT molecular complexity index is 1300. The molecule has 34 heavy (non-hydrogen) atoms. The summed E-state index contributed by atoms with van der Waals surface area (Å²) in [7, 11) is 0. The second-order valence-electron chi connectivity index (χ2n) is 7.70. The zero-order valence-corrected chi connectivity index (χ0v) is 19.0. The van der Waals surface area contributed by atoms with Gasteiger partial charge in [0.05, 0.1) is 12.6 Å². The van der Waals surface area contributed by atoms with Gasteiger partial charge in [0.25, 0.3) is 0 Å². The minimum absolute atomic E-state index is 0.00488. The van der Waals surface area contributed by atoms with Gasteiger partial charge in [-0.25, -0.2) is 4.79 Å². The van der Waals surface area contributed by atoms with Gasteiger partial charge >= 0.3 is 12.1 Å². The summed E-state index contributed by atoms with van der Waals surface area (Å²) < 4.78 is 5.47.